The molecule has 0 aliphatic carbocycles. The van der Waals surface area contributed by atoms with Gasteiger partial charge in [-0.3, -0.25) is 4.79 Å². The summed E-state index contributed by atoms with van der Waals surface area (Å²) in [6.45, 7) is 0.698. The van der Waals surface area contributed by atoms with Crippen LogP contribution in [0, 0.1) is 0 Å². The second-order valence-corrected chi connectivity index (χ2v) is 6.82. The molecule has 1 amide bonds. The van der Waals surface area contributed by atoms with Gasteiger partial charge in [0.1, 0.15) is 0 Å². The smallest absolute Gasteiger partial charge is 0.251 e. The van der Waals surface area contributed by atoms with E-state index in [4.69, 9.17) is 9.47 Å². The molecule has 1 aromatic heterocycles. The fraction of sp³-hybridized carbons (Fsp3) is 0.150. The summed E-state index contributed by atoms with van der Waals surface area (Å²) in [5.74, 6) is 1.41. The maximum atomic E-state index is 12.6. The van der Waals surface area contributed by atoms with Crippen molar-refractivity contribution in [2.45, 2.75) is 13.0 Å². The van der Waals surface area contributed by atoms with Crippen molar-refractivity contribution in [2.24, 2.45) is 0 Å². The van der Waals surface area contributed by atoms with Gasteiger partial charge < -0.3 is 14.8 Å². The molecule has 2 heterocycles. The molecule has 4 nitrogen and oxygen atoms in total. The van der Waals surface area contributed by atoms with E-state index < -0.39 is 0 Å². The van der Waals surface area contributed by atoms with E-state index in [9.17, 15) is 4.79 Å². The molecular weight excluding hydrogens is 334 g/mol. The Kier molecular flexibility index (Phi) is 4.39. The molecule has 4 rings (SSSR count). The molecule has 126 valence electrons. The molecule has 5 heteroatoms. The van der Waals surface area contributed by atoms with Crippen LogP contribution in [0.4, 0.5) is 0 Å². The van der Waals surface area contributed by atoms with E-state index in [2.05, 4.69) is 16.8 Å². The number of carbonyl (C=O) groups excluding carboxylic acids is 1. The van der Waals surface area contributed by atoms with Crippen LogP contribution >= 0.6 is 11.3 Å². The van der Waals surface area contributed by atoms with Gasteiger partial charge in [0.25, 0.3) is 5.91 Å². The van der Waals surface area contributed by atoms with Gasteiger partial charge in [0.15, 0.2) is 11.5 Å². The lowest BCUT2D eigenvalue weighted by Gasteiger charge is -2.10. The number of thiophene rings is 1. The highest BCUT2D eigenvalue weighted by atomic mass is 32.1. The summed E-state index contributed by atoms with van der Waals surface area (Å²) in [5, 5.41) is 5.05. The Morgan fingerprint density at radius 2 is 1.92 bits per heavy atom. The summed E-state index contributed by atoms with van der Waals surface area (Å²) in [5.41, 5.74) is 2.73. The largest absolute Gasteiger partial charge is 0.454 e. The van der Waals surface area contributed by atoms with E-state index in [0.717, 1.165) is 34.6 Å². The van der Waals surface area contributed by atoms with E-state index in [1.165, 1.54) is 4.88 Å². The lowest BCUT2D eigenvalue weighted by molar-refractivity contribution is 0.0950. The van der Waals surface area contributed by atoms with E-state index in [-0.39, 0.29) is 12.7 Å². The fourth-order valence-electron chi connectivity index (χ4n) is 2.83. The average Bonchev–Trinajstić information content (AvgIpc) is 3.31. The third kappa shape index (κ3) is 3.51. The number of amides is 1. The highest BCUT2D eigenvalue weighted by molar-refractivity contribution is 7.09. The summed E-state index contributed by atoms with van der Waals surface area (Å²) in [6.07, 6.45) is 0.769. The van der Waals surface area contributed by atoms with Crippen LogP contribution in [0.15, 0.2) is 60.0 Å². The van der Waals surface area contributed by atoms with Gasteiger partial charge in [-0.2, -0.15) is 0 Å². The number of ether oxygens (including phenoxy) is 2. The van der Waals surface area contributed by atoms with Gasteiger partial charge in [-0.25, -0.2) is 0 Å². The third-order valence-electron chi connectivity index (χ3n) is 4.10. The fourth-order valence-corrected chi connectivity index (χ4v) is 3.55. The normalized spacial score (nSPS) is 12.2. The maximum Gasteiger partial charge on any atom is 0.251 e. The van der Waals surface area contributed by atoms with Crippen LogP contribution in [0.1, 0.15) is 26.4 Å². The van der Waals surface area contributed by atoms with Gasteiger partial charge in [0, 0.05) is 23.4 Å². The second kappa shape index (κ2) is 6.99. The van der Waals surface area contributed by atoms with Crippen LogP contribution in [0.3, 0.4) is 0 Å². The SMILES string of the molecule is O=C(NCc1ccc2c(c1)OCO2)c1ccccc1Cc1cccs1. The first-order valence-electron chi connectivity index (χ1n) is 8.06. The second-order valence-electron chi connectivity index (χ2n) is 5.78. The average molecular weight is 351 g/mol. The standard InChI is InChI=1S/C20H17NO3S/c22-20(21-12-14-7-8-18-19(10-14)24-13-23-18)17-6-2-1-4-15(17)11-16-5-3-9-25-16/h1-10H,11-13H2,(H,21,22). The quantitative estimate of drug-likeness (QED) is 0.756. The van der Waals surface area contributed by atoms with Crippen molar-refractivity contribution in [1.29, 1.82) is 0 Å². The van der Waals surface area contributed by atoms with Crippen LogP contribution in [-0.2, 0) is 13.0 Å². The van der Waals surface area contributed by atoms with Crippen LogP contribution in [0.25, 0.3) is 0 Å². The Morgan fingerprint density at radius 3 is 2.80 bits per heavy atom. The van der Waals surface area contributed by atoms with Gasteiger partial charge in [-0.05, 0) is 40.8 Å². The minimum absolute atomic E-state index is 0.0650. The van der Waals surface area contributed by atoms with Crippen molar-refractivity contribution in [3.05, 3.63) is 81.5 Å². The van der Waals surface area contributed by atoms with Crippen LogP contribution in [0.5, 0.6) is 11.5 Å². The highest BCUT2D eigenvalue weighted by Crippen LogP contribution is 2.32. The van der Waals surface area contributed by atoms with Gasteiger partial charge in [0.05, 0.1) is 0 Å². The molecule has 2 aromatic carbocycles. The minimum atomic E-state index is -0.0650. The van der Waals surface area contributed by atoms with Crippen molar-refractivity contribution in [1.82, 2.24) is 5.32 Å². The first-order chi connectivity index (χ1) is 12.3. The Labute approximate surface area is 150 Å². The summed E-state index contributed by atoms with van der Waals surface area (Å²) >= 11 is 1.70. The number of fused-ring (bicyclic) bond motifs is 1. The lowest BCUT2D eigenvalue weighted by atomic mass is 10.0. The summed E-state index contributed by atoms with van der Waals surface area (Å²) in [4.78, 5) is 13.9. The van der Waals surface area contributed by atoms with Crippen molar-refractivity contribution in [3.63, 3.8) is 0 Å². The molecule has 0 spiro atoms. The number of benzene rings is 2. The minimum Gasteiger partial charge on any atom is -0.454 e. The first-order valence-corrected chi connectivity index (χ1v) is 8.94. The summed E-state index contributed by atoms with van der Waals surface area (Å²) in [7, 11) is 0. The zero-order chi connectivity index (χ0) is 17.1. The van der Waals surface area contributed by atoms with Crippen LogP contribution in [0.2, 0.25) is 0 Å². The molecule has 25 heavy (non-hydrogen) atoms. The lowest BCUT2D eigenvalue weighted by Crippen LogP contribution is -2.24. The molecule has 0 atom stereocenters. The number of carbonyl (C=O) groups is 1. The van der Waals surface area contributed by atoms with E-state index in [1.807, 2.05) is 48.5 Å². The zero-order valence-corrected chi connectivity index (χ0v) is 14.3. The number of hydrogen-bond acceptors (Lipinski definition) is 4. The number of nitrogens with one attached hydrogen (secondary N) is 1. The molecule has 1 aliphatic rings. The van der Waals surface area contributed by atoms with E-state index in [0.29, 0.717) is 6.54 Å². The first kappa shape index (κ1) is 15.7. The van der Waals surface area contributed by atoms with Gasteiger partial charge in [0.2, 0.25) is 6.79 Å². The van der Waals surface area contributed by atoms with Crippen LogP contribution in [-0.4, -0.2) is 12.7 Å². The van der Waals surface area contributed by atoms with Crippen LogP contribution < -0.4 is 14.8 Å². The van der Waals surface area contributed by atoms with E-state index in [1.54, 1.807) is 11.3 Å². The molecule has 0 radical (unpaired) electrons. The predicted molar refractivity (Wildman–Crippen MR) is 97.3 cm³/mol. The summed E-state index contributed by atoms with van der Waals surface area (Å²) in [6, 6.07) is 17.6. The molecule has 0 bridgehead atoms. The topological polar surface area (TPSA) is 47.6 Å². The maximum absolute atomic E-state index is 12.6. The Bertz CT molecular complexity index is 890. The number of hydrogen-bond donors (Lipinski definition) is 1. The molecule has 0 saturated heterocycles. The van der Waals surface area contributed by atoms with Crippen molar-refractivity contribution >= 4 is 17.2 Å². The predicted octanol–water partition coefficient (Wildman–Crippen LogP) is 4.00. The third-order valence-corrected chi connectivity index (χ3v) is 4.97. The van der Waals surface area contributed by atoms with E-state index >= 15 is 0 Å². The van der Waals surface area contributed by atoms with Gasteiger partial charge >= 0.3 is 0 Å². The molecule has 3 aromatic rings. The molecular formula is C20H17NO3S. The molecule has 0 fully saturated rings. The summed E-state index contributed by atoms with van der Waals surface area (Å²) < 4.78 is 10.7. The monoisotopic (exact) mass is 351 g/mol. The van der Waals surface area contributed by atoms with Crippen molar-refractivity contribution in [3.8, 4) is 11.5 Å². The molecule has 1 aliphatic heterocycles. The highest BCUT2D eigenvalue weighted by Gasteiger charge is 2.15. The Morgan fingerprint density at radius 1 is 1.04 bits per heavy atom. The Hall–Kier alpha value is -2.79. The Balaban J connectivity index is 1.46. The van der Waals surface area contributed by atoms with Crippen molar-refractivity contribution < 1.29 is 14.3 Å². The zero-order valence-electron chi connectivity index (χ0n) is 13.5. The molecule has 0 unspecified atom stereocenters. The van der Waals surface area contributed by atoms with Gasteiger partial charge in [-0.15, -0.1) is 11.3 Å². The molecule has 1 N–H and O–H groups in total. The molecule has 0 saturated carbocycles. The number of rotatable bonds is 5. The van der Waals surface area contributed by atoms with Crippen molar-refractivity contribution in [2.75, 3.05) is 6.79 Å². The van der Waals surface area contributed by atoms with Gasteiger partial charge in [-0.1, -0.05) is 30.3 Å².